The summed E-state index contributed by atoms with van der Waals surface area (Å²) < 4.78 is 38.1. The maximum Gasteiger partial charge on any atom is 0.416 e. The fourth-order valence-electron chi connectivity index (χ4n) is 1.89. The molecule has 0 fully saturated rings. The number of rotatable bonds is 4. The second-order valence-electron chi connectivity index (χ2n) is 6.48. The van der Waals surface area contributed by atoms with Crippen LogP contribution < -0.4 is 16.0 Å². The first-order chi connectivity index (χ1) is 10.9. The summed E-state index contributed by atoms with van der Waals surface area (Å²) in [7, 11) is 0. The smallest absolute Gasteiger partial charge is 0.333 e. The molecule has 1 atom stereocenters. The van der Waals surface area contributed by atoms with E-state index < -0.39 is 35.3 Å². The Labute approximate surface area is 139 Å². The minimum atomic E-state index is -4.42. The Morgan fingerprint density at radius 1 is 1.17 bits per heavy atom. The van der Waals surface area contributed by atoms with Gasteiger partial charge in [-0.3, -0.25) is 10.1 Å². The molecule has 5 nitrogen and oxygen atoms in total. The van der Waals surface area contributed by atoms with Crippen LogP contribution in [0, 0.1) is 0 Å². The van der Waals surface area contributed by atoms with Crippen molar-refractivity contribution in [1.29, 1.82) is 0 Å². The van der Waals surface area contributed by atoms with Gasteiger partial charge >= 0.3 is 12.2 Å². The lowest BCUT2D eigenvalue weighted by Gasteiger charge is -2.20. The molecular formula is C16H22F3N3O2. The van der Waals surface area contributed by atoms with Gasteiger partial charge in [-0.15, -0.1) is 0 Å². The number of urea groups is 1. The average molecular weight is 345 g/mol. The molecule has 0 bridgehead atoms. The molecule has 0 spiro atoms. The van der Waals surface area contributed by atoms with Crippen LogP contribution in [0.15, 0.2) is 24.3 Å². The van der Waals surface area contributed by atoms with Crippen molar-refractivity contribution in [2.45, 2.75) is 45.5 Å². The molecule has 8 heteroatoms. The highest BCUT2D eigenvalue weighted by molar-refractivity contribution is 5.95. The topological polar surface area (TPSA) is 70.2 Å². The van der Waals surface area contributed by atoms with Crippen molar-refractivity contribution in [2.75, 3.05) is 6.54 Å². The number of hydrogen-bond acceptors (Lipinski definition) is 3. The molecule has 0 aliphatic heterocycles. The number of benzene rings is 1. The Balaban J connectivity index is 2.56. The Bertz CT molecular complexity index is 595. The number of alkyl halides is 3. The average Bonchev–Trinajstić information content (AvgIpc) is 2.41. The second-order valence-corrected chi connectivity index (χ2v) is 6.48. The monoisotopic (exact) mass is 345 g/mol. The lowest BCUT2D eigenvalue weighted by molar-refractivity contribution is -0.137. The number of carbonyl (C=O) groups excluding carboxylic acids is 2. The molecular weight excluding hydrogens is 323 g/mol. The predicted octanol–water partition coefficient (Wildman–Crippen LogP) is 2.98. The van der Waals surface area contributed by atoms with Crippen LogP contribution in [0.4, 0.5) is 18.0 Å². The van der Waals surface area contributed by atoms with Gasteiger partial charge in [0.25, 0.3) is 0 Å². The summed E-state index contributed by atoms with van der Waals surface area (Å²) in [5.74, 6) is -0.574. The summed E-state index contributed by atoms with van der Waals surface area (Å²) in [6.07, 6.45) is -4.42. The van der Waals surface area contributed by atoms with E-state index in [2.05, 4.69) is 16.0 Å². The largest absolute Gasteiger partial charge is 0.416 e. The van der Waals surface area contributed by atoms with Gasteiger partial charge in [-0.25, -0.2) is 4.79 Å². The van der Waals surface area contributed by atoms with E-state index in [9.17, 15) is 22.8 Å². The van der Waals surface area contributed by atoms with Crippen LogP contribution in [0.25, 0.3) is 0 Å². The van der Waals surface area contributed by atoms with E-state index in [-0.39, 0.29) is 6.54 Å². The van der Waals surface area contributed by atoms with Gasteiger partial charge in [0.1, 0.15) is 0 Å². The van der Waals surface area contributed by atoms with Crippen molar-refractivity contribution in [2.24, 2.45) is 0 Å². The molecule has 0 heterocycles. The van der Waals surface area contributed by atoms with E-state index in [4.69, 9.17) is 0 Å². The van der Waals surface area contributed by atoms with Gasteiger partial charge < -0.3 is 10.6 Å². The van der Waals surface area contributed by atoms with Crippen LogP contribution in [0.3, 0.4) is 0 Å². The molecule has 3 N–H and O–H groups in total. The van der Waals surface area contributed by atoms with Crippen molar-refractivity contribution in [3.8, 4) is 0 Å². The third kappa shape index (κ3) is 6.99. The van der Waals surface area contributed by atoms with E-state index in [1.54, 1.807) is 27.7 Å². The summed E-state index contributed by atoms with van der Waals surface area (Å²) in [6, 6.07) is 3.76. The Morgan fingerprint density at radius 3 is 2.33 bits per heavy atom. The third-order valence-electron chi connectivity index (χ3n) is 3.02. The highest BCUT2D eigenvalue weighted by Crippen LogP contribution is 2.30. The summed E-state index contributed by atoms with van der Waals surface area (Å²) in [4.78, 5) is 23.2. The zero-order chi connectivity index (χ0) is 18.5. The highest BCUT2D eigenvalue weighted by Gasteiger charge is 2.30. The maximum absolute atomic E-state index is 12.7. The first kappa shape index (κ1) is 20.0. The predicted molar refractivity (Wildman–Crippen MR) is 84.3 cm³/mol. The highest BCUT2D eigenvalue weighted by atomic mass is 19.4. The third-order valence-corrected chi connectivity index (χ3v) is 3.02. The van der Waals surface area contributed by atoms with Crippen molar-refractivity contribution in [3.05, 3.63) is 35.4 Å². The molecule has 1 aromatic rings. The molecule has 3 amide bonds. The molecule has 0 aliphatic carbocycles. The fraction of sp³-hybridized carbons (Fsp3) is 0.500. The first-order valence-electron chi connectivity index (χ1n) is 7.41. The Hall–Kier alpha value is -2.09. The molecule has 1 unspecified atom stereocenters. The van der Waals surface area contributed by atoms with Gasteiger partial charge in [0, 0.05) is 11.6 Å². The number of halogens is 3. The summed E-state index contributed by atoms with van der Waals surface area (Å²) in [6.45, 7) is 6.74. The van der Waals surface area contributed by atoms with E-state index in [0.717, 1.165) is 12.1 Å². The molecule has 0 saturated carbocycles. The minimum absolute atomic E-state index is 0.199. The molecule has 0 aromatic heterocycles. The number of carbonyl (C=O) groups is 2. The van der Waals surface area contributed by atoms with Gasteiger partial charge in [-0.05, 0) is 45.4 Å². The van der Waals surface area contributed by atoms with E-state index >= 15 is 0 Å². The lowest BCUT2D eigenvalue weighted by Crippen LogP contribution is -2.50. The number of amides is 3. The molecule has 1 rings (SSSR count). The second kappa shape index (κ2) is 7.65. The summed E-state index contributed by atoms with van der Waals surface area (Å²) >= 11 is 0. The normalized spacial score (nSPS) is 13.3. The number of hydrogen-bond donors (Lipinski definition) is 3. The van der Waals surface area contributed by atoms with Crippen molar-refractivity contribution < 1.29 is 22.8 Å². The van der Waals surface area contributed by atoms with Gasteiger partial charge in [0.2, 0.25) is 5.91 Å². The molecule has 0 saturated heterocycles. The van der Waals surface area contributed by atoms with Gasteiger partial charge in [-0.2, -0.15) is 13.2 Å². The van der Waals surface area contributed by atoms with Crippen LogP contribution in [-0.4, -0.2) is 24.0 Å². The van der Waals surface area contributed by atoms with Crippen molar-refractivity contribution in [3.63, 3.8) is 0 Å². The number of nitrogens with one attached hydrogen (secondary N) is 3. The standard InChI is InChI=1S/C16H22F3N3O2/c1-10(11-6-5-7-12(8-11)16(17,18)19)20-9-13(23)21-14(24)22-15(2,3)4/h5-8,10,20H,9H2,1-4H3,(H2,21,22,23,24). The molecule has 24 heavy (non-hydrogen) atoms. The van der Waals surface area contributed by atoms with E-state index in [1.165, 1.54) is 12.1 Å². The quantitative estimate of drug-likeness (QED) is 0.786. The van der Waals surface area contributed by atoms with E-state index in [0.29, 0.717) is 5.56 Å². The summed E-state index contributed by atoms with van der Waals surface area (Å²) in [5.41, 5.74) is -0.831. The maximum atomic E-state index is 12.7. The lowest BCUT2D eigenvalue weighted by atomic mass is 10.0. The Morgan fingerprint density at radius 2 is 1.79 bits per heavy atom. The van der Waals surface area contributed by atoms with Crippen LogP contribution in [-0.2, 0) is 11.0 Å². The van der Waals surface area contributed by atoms with E-state index in [1.807, 2.05) is 0 Å². The summed E-state index contributed by atoms with van der Waals surface area (Å²) in [5, 5.41) is 7.50. The van der Waals surface area contributed by atoms with Gasteiger partial charge in [-0.1, -0.05) is 12.1 Å². The minimum Gasteiger partial charge on any atom is -0.333 e. The fourth-order valence-corrected chi connectivity index (χ4v) is 1.89. The SMILES string of the molecule is CC(NCC(=O)NC(=O)NC(C)(C)C)c1cccc(C(F)(F)F)c1. The van der Waals surface area contributed by atoms with Crippen LogP contribution in [0.2, 0.25) is 0 Å². The van der Waals surface area contributed by atoms with Crippen LogP contribution in [0.1, 0.15) is 44.9 Å². The zero-order valence-electron chi connectivity index (χ0n) is 14.0. The zero-order valence-corrected chi connectivity index (χ0v) is 14.0. The molecule has 0 radical (unpaired) electrons. The number of imide groups is 1. The van der Waals surface area contributed by atoms with Crippen molar-refractivity contribution >= 4 is 11.9 Å². The van der Waals surface area contributed by atoms with Gasteiger partial charge in [0.05, 0.1) is 12.1 Å². The molecule has 0 aliphatic rings. The van der Waals surface area contributed by atoms with Crippen LogP contribution in [0.5, 0.6) is 0 Å². The van der Waals surface area contributed by atoms with Crippen LogP contribution >= 0.6 is 0 Å². The first-order valence-corrected chi connectivity index (χ1v) is 7.41. The Kier molecular flexibility index (Phi) is 6.36. The molecule has 1 aromatic carbocycles. The van der Waals surface area contributed by atoms with Gasteiger partial charge in [0.15, 0.2) is 0 Å². The molecule has 134 valence electrons. The van der Waals surface area contributed by atoms with Crippen molar-refractivity contribution in [1.82, 2.24) is 16.0 Å².